The number of aliphatic carboxylic acids is 1. The van der Waals surface area contributed by atoms with E-state index >= 15 is 0 Å². The van der Waals surface area contributed by atoms with Crippen molar-refractivity contribution in [2.45, 2.75) is 0 Å². The molecule has 0 rings (SSSR count). The summed E-state index contributed by atoms with van der Waals surface area (Å²) in [5.41, 5.74) is 4.45. The third-order valence-electron chi connectivity index (χ3n) is 0.927. The van der Waals surface area contributed by atoms with Crippen LogP contribution in [0.15, 0.2) is 0 Å². The van der Waals surface area contributed by atoms with E-state index in [2.05, 4.69) is 10.0 Å². The number of hydrogen-bond acceptors (Lipinski definition) is 6. The van der Waals surface area contributed by atoms with Gasteiger partial charge in [0.15, 0.2) is 0 Å². The summed E-state index contributed by atoms with van der Waals surface area (Å²) in [6.45, 7) is -0.654. The van der Waals surface area contributed by atoms with Crippen molar-refractivity contribution in [3.63, 3.8) is 0 Å². The van der Waals surface area contributed by atoms with Gasteiger partial charge in [0.2, 0.25) is 0 Å². The third kappa shape index (κ3) is 12.8. The molecule has 0 aliphatic carbocycles. The predicted octanol–water partition coefficient (Wildman–Crippen LogP) is -8.95. The predicted molar refractivity (Wildman–Crippen MR) is 38.2 cm³/mol. The molecule has 1 unspecified atom stereocenters. The summed E-state index contributed by atoms with van der Waals surface area (Å²) in [4.78, 5) is 21.0. The first kappa shape index (κ1) is 21.2. The van der Waals surface area contributed by atoms with Crippen LogP contribution in [0.3, 0.4) is 0 Å². The molecule has 0 saturated heterocycles. The fourth-order valence-corrected chi connectivity index (χ4v) is 0.836. The van der Waals surface area contributed by atoms with E-state index in [1.807, 2.05) is 0 Å². The molecule has 3 N–H and O–H groups in total. The average Bonchev–Trinajstić information content (AvgIpc) is 1.81. The van der Waals surface area contributed by atoms with Crippen LogP contribution in [-0.4, -0.2) is 30.5 Å². The summed E-state index contributed by atoms with van der Waals surface area (Å²) in [6.07, 6.45) is 0. The molecular formula is C4H8N3Na2O5P. The maximum Gasteiger partial charge on any atom is 1.00 e. The monoisotopic (exact) mass is 255 g/mol. The molecular weight excluding hydrogens is 247 g/mol. The Hall–Kier alpha value is 0.890. The molecule has 1 atom stereocenters. The summed E-state index contributed by atoms with van der Waals surface area (Å²) >= 11 is 0. The molecule has 0 radical (unpaired) electrons. The van der Waals surface area contributed by atoms with Crippen LogP contribution in [0.5, 0.6) is 0 Å². The fourth-order valence-electron chi connectivity index (χ4n) is 0.456. The quantitative estimate of drug-likeness (QED) is 0.220. The number of nitrogens with two attached hydrogens (primary N) is 1. The smallest absolute Gasteiger partial charge is 0.756 e. The second-order valence-electron chi connectivity index (χ2n) is 2.16. The second-order valence-corrected chi connectivity index (χ2v) is 3.43. The van der Waals surface area contributed by atoms with Crippen molar-refractivity contribution in [3.05, 3.63) is 0 Å². The molecule has 0 saturated carbocycles. The summed E-state index contributed by atoms with van der Waals surface area (Å²) < 4.78 is 14.2. The van der Waals surface area contributed by atoms with Crippen LogP contribution < -0.4 is 74.6 Å². The molecule has 0 aromatic rings. The van der Waals surface area contributed by atoms with Crippen LogP contribution in [0.25, 0.3) is 0 Å². The molecule has 15 heavy (non-hydrogen) atoms. The van der Waals surface area contributed by atoms with Gasteiger partial charge in [0.25, 0.3) is 13.8 Å². The van der Waals surface area contributed by atoms with E-state index in [-0.39, 0.29) is 59.1 Å². The van der Waals surface area contributed by atoms with Crippen molar-refractivity contribution in [2.75, 3.05) is 13.6 Å². The Morgan fingerprint density at radius 1 is 1.60 bits per heavy atom. The van der Waals surface area contributed by atoms with Gasteiger partial charge in [-0.15, -0.1) is 0 Å². The van der Waals surface area contributed by atoms with Crippen molar-refractivity contribution in [3.8, 4) is 0 Å². The topological polar surface area (TPSA) is 143 Å². The minimum Gasteiger partial charge on any atom is -0.756 e. The van der Waals surface area contributed by atoms with Gasteiger partial charge in [-0.25, -0.2) is 0 Å². The van der Waals surface area contributed by atoms with Crippen molar-refractivity contribution in [2.24, 2.45) is 5.50 Å². The molecule has 0 aromatic carbocycles. The number of nitrogens with one attached hydrogen (secondary N) is 1. The number of carbonyl (C=O) groups is 1. The van der Waals surface area contributed by atoms with Gasteiger partial charge >= 0.3 is 59.1 Å². The zero-order chi connectivity index (χ0) is 10.6. The van der Waals surface area contributed by atoms with E-state index < -0.39 is 26.3 Å². The maximum absolute atomic E-state index is 10.3. The van der Waals surface area contributed by atoms with Gasteiger partial charge in [-0.2, -0.15) is 0 Å². The Morgan fingerprint density at radius 2 is 2.00 bits per heavy atom. The molecule has 0 aromatic heterocycles. The second kappa shape index (κ2) is 8.98. The molecule has 0 aliphatic heterocycles. The molecule has 8 nitrogen and oxygen atoms in total. The number of carboxylic acids is 1. The summed E-state index contributed by atoms with van der Waals surface area (Å²) in [7, 11) is -3.40. The van der Waals surface area contributed by atoms with E-state index in [4.69, 9.17) is 5.41 Å². The Labute approximate surface area is 131 Å². The number of carboxylic acid groups (broad SMARTS) is 1. The van der Waals surface area contributed by atoms with Gasteiger partial charge in [0, 0.05) is 7.05 Å². The van der Waals surface area contributed by atoms with E-state index in [0.29, 0.717) is 4.90 Å². The maximum atomic E-state index is 10.3. The molecule has 76 valence electrons. The average molecular weight is 255 g/mol. The van der Waals surface area contributed by atoms with Gasteiger partial charge in [0.05, 0.1) is 12.5 Å². The van der Waals surface area contributed by atoms with E-state index in [9.17, 15) is 19.4 Å². The zero-order valence-electron chi connectivity index (χ0n) is 8.72. The van der Waals surface area contributed by atoms with Gasteiger partial charge in [0.1, 0.15) is 0 Å². The standard InChI is InChI=1S/C4H10N3O5P.2Na/c1-7(2-3(8)9)4(5)12-13(6,10)11;;/h5H,2H2,1H3,(H,8,9)(H3,6,10,11);;/q;2*+1/p-2. The van der Waals surface area contributed by atoms with Gasteiger partial charge in [-0.1, -0.05) is 0 Å². The first-order valence-electron chi connectivity index (χ1n) is 3.01. The van der Waals surface area contributed by atoms with Crippen LogP contribution in [0.2, 0.25) is 0 Å². The summed E-state index contributed by atoms with van der Waals surface area (Å²) in [5.74, 6) is -1.46. The van der Waals surface area contributed by atoms with Gasteiger partial charge < -0.3 is 24.2 Å². The molecule has 0 bridgehead atoms. The van der Waals surface area contributed by atoms with Crippen LogP contribution in [0, 0.1) is 5.41 Å². The van der Waals surface area contributed by atoms with Crippen LogP contribution >= 0.6 is 7.75 Å². The Kier molecular flexibility index (Phi) is 12.7. The van der Waals surface area contributed by atoms with E-state index in [1.165, 1.54) is 0 Å². The van der Waals surface area contributed by atoms with Gasteiger partial charge in [-0.3, -0.25) is 15.5 Å². The third-order valence-corrected chi connectivity index (χ3v) is 1.35. The first-order chi connectivity index (χ1) is 5.72. The zero-order valence-corrected chi connectivity index (χ0v) is 13.6. The molecule has 11 heteroatoms. The summed E-state index contributed by atoms with van der Waals surface area (Å²) in [6, 6.07) is -0.870. The first-order valence-corrected chi connectivity index (χ1v) is 4.62. The molecule has 0 spiro atoms. The molecule has 0 fully saturated rings. The number of hydrogen-bond donors (Lipinski definition) is 2. The Morgan fingerprint density at radius 3 is 2.27 bits per heavy atom. The number of amidine groups is 1. The number of carbonyl (C=O) groups excluding carboxylic acids is 1. The van der Waals surface area contributed by atoms with Gasteiger partial charge in [-0.05, 0) is 0 Å². The number of likely N-dealkylation sites (N-methyl/N-ethyl adjacent to an activating group) is 1. The SMILES string of the molecule is CN(CC(=O)[O-])C(=N)OP(N)(=O)[O-].[Na+].[Na+]. The minimum absolute atomic E-state index is 0. The Bertz CT molecular complexity index is 269. The normalized spacial score (nSPS) is 12.5. The van der Waals surface area contributed by atoms with Crippen molar-refractivity contribution >= 4 is 19.7 Å². The van der Waals surface area contributed by atoms with Crippen molar-refractivity contribution < 1.29 is 83.0 Å². The van der Waals surface area contributed by atoms with Crippen LogP contribution in [0.1, 0.15) is 0 Å². The molecule has 0 amide bonds. The molecule has 0 aliphatic rings. The molecule has 0 heterocycles. The largest absolute Gasteiger partial charge is 1.00 e. The van der Waals surface area contributed by atoms with Crippen LogP contribution in [-0.2, 0) is 13.9 Å². The van der Waals surface area contributed by atoms with E-state index in [0.717, 1.165) is 7.05 Å². The van der Waals surface area contributed by atoms with Crippen molar-refractivity contribution in [1.82, 2.24) is 4.90 Å². The number of nitrogens with zero attached hydrogens (tertiary/aromatic N) is 1. The minimum atomic E-state index is -4.55. The van der Waals surface area contributed by atoms with Crippen molar-refractivity contribution in [1.29, 1.82) is 5.41 Å². The fraction of sp³-hybridized carbons (Fsp3) is 0.500. The Balaban J connectivity index is -0.000000720. The van der Waals surface area contributed by atoms with Crippen LogP contribution in [0.4, 0.5) is 0 Å². The number of rotatable bonds is 3. The summed E-state index contributed by atoms with van der Waals surface area (Å²) in [5, 5.41) is 16.9. The van der Waals surface area contributed by atoms with E-state index in [1.54, 1.807) is 0 Å².